The summed E-state index contributed by atoms with van der Waals surface area (Å²) in [5, 5.41) is 5.00. The zero-order valence-corrected chi connectivity index (χ0v) is 20.1. The zero-order valence-electron chi connectivity index (χ0n) is 14.6. The summed E-state index contributed by atoms with van der Waals surface area (Å²) < 4.78 is 8.71. The summed E-state index contributed by atoms with van der Waals surface area (Å²) in [4.78, 5) is 0. The van der Waals surface area contributed by atoms with Crippen molar-refractivity contribution in [2.24, 2.45) is 5.10 Å². The van der Waals surface area contributed by atoms with Gasteiger partial charge in [0.1, 0.15) is 12.4 Å². The quantitative estimate of drug-likeness (QED) is 0.232. The maximum Gasteiger partial charge on any atom is 0.148 e. The van der Waals surface area contributed by atoms with Gasteiger partial charge in [-0.25, -0.2) is 0 Å². The topological polar surface area (TPSA) is 33.6 Å². The smallest absolute Gasteiger partial charge is 0.148 e. The first-order chi connectivity index (χ1) is 13.5. The van der Waals surface area contributed by atoms with Crippen LogP contribution in [0.3, 0.4) is 0 Å². The number of hydrogen-bond acceptors (Lipinski definition) is 3. The maximum absolute atomic E-state index is 6.14. The molecule has 0 fully saturated rings. The standard InChI is InChI=1S/C21H16Br3ClN2O/c22-17-7-5-14(6-8-17)13-28-21-18(23)9-15(10-19(21)24)11-26-27-12-16-3-1-2-4-20(16)25/h1-11,27H,12-13H2/b26-11-. The van der Waals surface area contributed by atoms with E-state index in [1.54, 1.807) is 6.21 Å². The number of nitrogens with one attached hydrogen (secondary N) is 1. The van der Waals surface area contributed by atoms with E-state index in [0.29, 0.717) is 13.2 Å². The van der Waals surface area contributed by atoms with E-state index in [9.17, 15) is 0 Å². The average Bonchev–Trinajstić information content (AvgIpc) is 2.67. The molecule has 0 aliphatic heterocycles. The lowest BCUT2D eigenvalue weighted by Crippen LogP contribution is -2.06. The summed E-state index contributed by atoms with van der Waals surface area (Å²) in [7, 11) is 0. The Bertz CT molecular complexity index is 955. The molecule has 3 nitrogen and oxygen atoms in total. The van der Waals surface area contributed by atoms with Crippen molar-refractivity contribution in [3.8, 4) is 5.75 Å². The molecule has 0 amide bonds. The van der Waals surface area contributed by atoms with Gasteiger partial charge in [0.25, 0.3) is 0 Å². The number of hydrogen-bond donors (Lipinski definition) is 1. The van der Waals surface area contributed by atoms with Crippen molar-refractivity contribution in [2.45, 2.75) is 13.2 Å². The van der Waals surface area contributed by atoms with E-state index in [0.717, 1.165) is 40.9 Å². The van der Waals surface area contributed by atoms with Crippen molar-refractivity contribution in [1.29, 1.82) is 0 Å². The van der Waals surface area contributed by atoms with Gasteiger partial charge in [0.15, 0.2) is 0 Å². The summed E-state index contributed by atoms with van der Waals surface area (Å²) in [6.07, 6.45) is 1.75. The molecule has 0 saturated heterocycles. The SMILES string of the molecule is Clc1ccccc1CN/N=C\c1cc(Br)c(OCc2ccc(Br)cc2)c(Br)c1. The van der Waals surface area contributed by atoms with Crippen molar-refractivity contribution in [3.63, 3.8) is 0 Å². The highest BCUT2D eigenvalue weighted by Crippen LogP contribution is 2.35. The minimum Gasteiger partial charge on any atom is -0.487 e. The lowest BCUT2D eigenvalue weighted by atomic mass is 10.2. The Kier molecular flexibility index (Phi) is 7.97. The summed E-state index contributed by atoms with van der Waals surface area (Å²) in [5.41, 5.74) is 6.04. The van der Waals surface area contributed by atoms with Crippen LogP contribution in [0.25, 0.3) is 0 Å². The predicted molar refractivity (Wildman–Crippen MR) is 126 cm³/mol. The summed E-state index contributed by atoms with van der Waals surface area (Å²) in [6.45, 7) is 1.05. The molecule has 144 valence electrons. The third kappa shape index (κ3) is 6.08. The van der Waals surface area contributed by atoms with Gasteiger partial charge in [-0.05, 0) is 78.9 Å². The van der Waals surface area contributed by atoms with E-state index in [4.69, 9.17) is 16.3 Å². The third-order valence-electron chi connectivity index (χ3n) is 3.85. The molecular formula is C21H16Br3ClN2O. The van der Waals surface area contributed by atoms with Crippen molar-refractivity contribution in [2.75, 3.05) is 0 Å². The van der Waals surface area contributed by atoms with Gasteiger partial charge < -0.3 is 10.2 Å². The molecule has 0 heterocycles. The minimum absolute atomic E-state index is 0.483. The number of nitrogens with zero attached hydrogens (tertiary/aromatic N) is 1. The molecule has 0 saturated carbocycles. The molecular weight excluding hydrogens is 571 g/mol. The molecule has 7 heteroatoms. The van der Waals surface area contributed by atoms with E-state index in [2.05, 4.69) is 58.3 Å². The second-order valence-electron chi connectivity index (χ2n) is 5.91. The van der Waals surface area contributed by atoms with Crippen LogP contribution in [0.2, 0.25) is 5.02 Å². The highest BCUT2D eigenvalue weighted by atomic mass is 79.9. The van der Waals surface area contributed by atoms with Crippen LogP contribution in [-0.4, -0.2) is 6.21 Å². The maximum atomic E-state index is 6.14. The van der Waals surface area contributed by atoms with Crippen LogP contribution in [0.15, 0.2) is 79.2 Å². The molecule has 0 atom stereocenters. The molecule has 1 N–H and O–H groups in total. The van der Waals surface area contributed by atoms with Gasteiger partial charge in [0, 0.05) is 9.50 Å². The highest BCUT2D eigenvalue weighted by molar-refractivity contribution is 9.11. The van der Waals surface area contributed by atoms with Crippen LogP contribution in [0.5, 0.6) is 5.75 Å². The lowest BCUT2D eigenvalue weighted by Gasteiger charge is -2.11. The van der Waals surface area contributed by atoms with E-state index < -0.39 is 0 Å². The van der Waals surface area contributed by atoms with Gasteiger partial charge in [0.2, 0.25) is 0 Å². The number of halogens is 4. The average molecular weight is 588 g/mol. The molecule has 0 bridgehead atoms. The Labute approximate surface area is 194 Å². The molecule has 0 spiro atoms. The zero-order chi connectivity index (χ0) is 19.9. The van der Waals surface area contributed by atoms with Crippen molar-refractivity contribution < 1.29 is 4.74 Å². The fraction of sp³-hybridized carbons (Fsp3) is 0.0952. The van der Waals surface area contributed by atoms with E-state index in [1.807, 2.05) is 60.7 Å². The van der Waals surface area contributed by atoms with E-state index in [-0.39, 0.29) is 0 Å². The van der Waals surface area contributed by atoms with Gasteiger partial charge in [-0.15, -0.1) is 0 Å². The Hall–Kier alpha value is -1.34. The first-order valence-corrected chi connectivity index (χ1v) is 11.1. The van der Waals surface area contributed by atoms with Gasteiger partial charge in [-0.1, -0.05) is 57.9 Å². The normalized spacial score (nSPS) is 11.0. The Morgan fingerprint density at radius 2 is 1.64 bits per heavy atom. The molecule has 3 aromatic rings. The molecule has 3 aromatic carbocycles. The second kappa shape index (κ2) is 10.4. The Morgan fingerprint density at radius 3 is 2.32 bits per heavy atom. The van der Waals surface area contributed by atoms with Crippen molar-refractivity contribution >= 4 is 65.6 Å². The third-order valence-corrected chi connectivity index (χ3v) is 5.92. The number of benzene rings is 3. The summed E-state index contributed by atoms with van der Waals surface area (Å²) in [5.74, 6) is 0.754. The summed E-state index contributed by atoms with van der Waals surface area (Å²) >= 11 is 16.7. The van der Waals surface area contributed by atoms with Crippen LogP contribution in [-0.2, 0) is 13.2 Å². The molecule has 3 rings (SSSR count). The van der Waals surface area contributed by atoms with E-state index >= 15 is 0 Å². The fourth-order valence-electron chi connectivity index (χ4n) is 2.42. The molecule has 0 radical (unpaired) electrons. The van der Waals surface area contributed by atoms with Crippen LogP contribution in [0, 0.1) is 0 Å². The van der Waals surface area contributed by atoms with Crippen LogP contribution in [0.1, 0.15) is 16.7 Å². The number of ether oxygens (including phenoxy) is 1. The van der Waals surface area contributed by atoms with Gasteiger partial charge in [-0.2, -0.15) is 5.10 Å². The van der Waals surface area contributed by atoms with Gasteiger partial charge in [0.05, 0.1) is 21.7 Å². The Morgan fingerprint density at radius 1 is 0.964 bits per heavy atom. The van der Waals surface area contributed by atoms with Gasteiger partial charge in [-0.3, -0.25) is 0 Å². The van der Waals surface area contributed by atoms with Crippen LogP contribution >= 0.6 is 59.4 Å². The molecule has 28 heavy (non-hydrogen) atoms. The largest absolute Gasteiger partial charge is 0.487 e. The molecule has 0 aliphatic carbocycles. The molecule has 0 aliphatic rings. The van der Waals surface area contributed by atoms with Gasteiger partial charge >= 0.3 is 0 Å². The number of hydrazone groups is 1. The van der Waals surface area contributed by atoms with E-state index in [1.165, 1.54) is 0 Å². The second-order valence-corrected chi connectivity index (χ2v) is 8.94. The monoisotopic (exact) mass is 584 g/mol. The first-order valence-electron chi connectivity index (χ1n) is 8.38. The molecule has 0 aromatic heterocycles. The predicted octanol–water partition coefficient (Wildman–Crippen LogP) is 7.33. The van der Waals surface area contributed by atoms with Crippen LogP contribution in [0.4, 0.5) is 0 Å². The van der Waals surface area contributed by atoms with Crippen molar-refractivity contribution in [3.05, 3.63) is 95.8 Å². The lowest BCUT2D eigenvalue weighted by molar-refractivity contribution is 0.302. The van der Waals surface area contributed by atoms with Crippen LogP contribution < -0.4 is 10.2 Å². The molecule has 0 unspecified atom stereocenters. The number of rotatable bonds is 7. The summed E-state index contributed by atoms with van der Waals surface area (Å²) in [6, 6.07) is 19.7. The van der Waals surface area contributed by atoms with Crippen molar-refractivity contribution in [1.82, 2.24) is 5.43 Å². The highest BCUT2D eigenvalue weighted by Gasteiger charge is 2.09. The fourth-order valence-corrected chi connectivity index (χ4v) is 4.34. The minimum atomic E-state index is 0.483. The Balaban J connectivity index is 1.61. The first kappa shape index (κ1) is 21.4.